The minimum atomic E-state index is 0.318. The Labute approximate surface area is 141 Å². The predicted molar refractivity (Wildman–Crippen MR) is 97.5 cm³/mol. The molecule has 0 amide bonds. The van der Waals surface area contributed by atoms with Gasteiger partial charge < -0.3 is 0 Å². The molecule has 0 unspecified atom stereocenters. The van der Waals surface area contributed by atoms with Crippen LogP contribution in [0.1, 0.15) is 21.9 Å². The average Bonchev–Trinajstić information content (AvgIpc) is 2.58. The van der Waals surface area contributed by atoms with Gasteiger partial charge >= 0.3 is 0 Å². The summed E-state index contributed by atoms with van der Waals surface area (Å²) in [6.45, 7) is 0. The highest BCUT2D eigenvalue weighted by Gasteiger charge is 2.14. The number of rotatable bonds is 5. The number of benzene rings is 3. The molecule has 0 spiro atoms. The van der Waals surface area contributed by atoms with Gasteiger partial charge in [0.2, 0.25) is 0 Å². The van der Waals surface area contributed by atoms with E-state index in [1.807, 2.05) is 23.9 Å². The van der Waals surface area contributed by atoms with Gasteiger partial charge in [-0.25, -0.2) is 0 Å². The van der Waals surface area contributed by atoms with Gasteiger partial charge in [0.1, 0.15) is 0 Å². The number of hydrogen-bond acceptors (Lipinski definition) is 1. The summed E-state index contributed by atoms with van der Waals surface area (Å²) in [5.74, 6) is 0.989. The van der Waals surface area contributed by atoms with E-state index in [9.17, 15) is 0 Å². The van der Waals surface area contributed by atoms with Crippen molar-refractivity contribution in [3.05, 3.63) is 107 Å². The molecule has 3 aromatic carbocycles. The molecule has 0 radical (unpaired) electrons. The van der Waals surface area contributed by atoms with Crippen molar-refractivity contribution in [2.75, 3.05) is 0 Å². The fraction of sp³-hybridized carbons (Fsp3) is 0.100. The summed E-state index contributed by atoms with van der Waals surface area (Å²) < 4.78 is 0. The van der Waals surface area contributed by atoms with Crippen LogP contribution < -0.4 is 0 Å². The fourth-order valence-corrected chi connectivity index (χ4v) is 3.78. The molecule has 22 heavy (non-hydrogen) atoms. The highest BCUT2D eigenvalue weighted by atomic mass is 35.5. The molecule has 0 N–H and O–H groups in total. The molecule has 0 saturated heterocycles. The summed E-state index contributed by atoms with van der Waals surface area (Å²) in [4.78, 5) is 0. The van der Waals surface area contributed by atoms with Crippen LogP contribution in [0, 0.1) is 0 Å². The monoisotopic (exact) mass is 324 g/mol. The smallest absolute Gasteiger partial charge is 0.0549 e. The quantitative estimate of drug-likeness (QED) is 0.526. The van der Waals surface area contributed by atoms with Gasteiger partial charge in [0.25, 0.3) is 0 Å². The largest absolute Gasteiger partial charge is 0.144 e. The van der Waals surface area contributed by atoms with Gasteiger partial charge in [-0.3, -0.25) is 0 Å². The van der Waals surface area contributed by atoms with E-state index >= 15 is 0 Å². The van der Waals surface area contributed by atoms with Crippen LogP contribution >= 0.6 is 23.4 Å². The van der Waals surface area contributed by atoms with E-state index in [-0.39, 0.29) is 0 Å². The lowest BCUT2D eigenvalue weighted by molar-refractivity contribution is 1.15. The molecular formula is C20H17ClS. The Morgan fingerprint density at radius 1 is 0.682 bits per heavy atom. The van der Waals surface area contributed by atoms with Gasteiger partial charge in [-0.15, -0.1) is 11.8 Å². The summed E-state index contributed by atoms with van der Waals surface area (Å²) in [5.41, 5.74) is 3.96. The van der Waals surface area contributed by atoms with Crippen LogP contribution in [0.15, 0.2) is 84.9 Å². The molecule has 0 saturated carbocycles. The summed E-state index contributed by atoms with van der Waals surface area (Å²) >= 11 is 7.97. The molecule has 3 rings (SSSR count). The van der Waals surface area contributed by atoms with Crippen molar-refractivity contribution in [3.63, 3.8) is 0 Å². The Kier molecular flexibility index (Phi) is 5.20. The summed E-state index contributed by atoms with van der Waals surface area (Å²) in [6.07, 6.45) is 0. The van der Waals surface area contributed by atoms with E-state index in [0.717, 1.165) is 10.8 Å². The van der Waals surface area contributed by atoms with Crippen LogP contribution in [0.3, 0.4) is 0 Å². The zero-order chi connectivity index (χ0) is 15.2. The SMILES string of the molecule is Clc1ccc([C@H](SCc2ccccc2)c2ccccc2)cc1. The molecule has 3 aromatic rings. The lowest BCUT2D eigenvalue weighted by Crippen LogP contribution is -1.97. The van der Waals surface area contributed by atoms with Crippen molar-refractivity contribution in [1.29, 1.82) is 0 Å². The number of halogens is 1. The molecule has 0 aliphatic heterocycles. The topological polar surface area (TPSA) is 0 Å². The first-order chi connectivity index (χ1) is 10.8. The van der Waals surface area contributed by atoms with Crippen LogP contribution in [0.25, 0.3) is 0 Å². The molecule has 110 valence electrons. The van der Waals surface area contributed by atoms with Crippen molar-refractivity contribution >= 4 is 23.4 Å². The number of hydrogen-bond donors (Lipinski definition) is 0. The Balaban J connectivity index is 1.85. The molecule has 0 aliphatic carbocycles. The second kappa shape index (κ2) is 7.53. The molecule has 0 bridgehead atoms. The second-order valence-electron chi connectivity index (χ2n) is 5.14. The molecule has 0 aliphatic rings. The normalized spacial score (nSPS) is 12.0. The molecule has 0 heterocycles. The maximum atomic E-state index is 6.03. The first-order valence-corrected chi connectivity index (χ1v) is 8.71. The van der Waals surface area contributed by atoms with Crippen molar-refractivity contribution in [1.82, 2.24) is 0 Å². The Morgan fingerprint density at radius 2 is 1.23 bits per heavy atom. The third kappa shape index (κ3) is 3.94. The Bertz CT molecular complexity index is 693. The average molecular weight is 325 g/mol. The van der Waals surface area contributed by atoms with E-state index in [1.54, 1.807) is 0 Å². The van der Waals surface area contributed by atoms with Gasteiger partial charge in [0.05, 0.1) is 5.25 Å². The Hall–Kier alpha value is -1.70. The lowest BCUT2D eigenvalue weighted by Gasteiger charge is -2.18. The summed E-state index contributed by atoms with van der Waals surface area (Å²) in [7, 11) is 0. The maximum absolute atomic E-state index is 6.03. The number of thioether (sulfide) groups is 1. The van der Waals surface area contributed by atoms with Gasteiger partial charge in [-0.2, -0.15) is 0 Å². The van der Waals surface area contributed by atoms with Crippen molar-refractivity contribution in [2.45, 2.75) is 11.0 Å². The van der Waals surface area contributed by atoms with E-state index in [0.29, 0.717) is 5.25 Å². The molecular weight excluding hydrogens is 308 g/mol. The van der Waals surface area contributed by atoms with E-state index in [2.05, 4.69) is 72.8 Å². The van der Waals surface area contributed by atoms with Gasteiger partial charge in [-0.05, 0) is 28.8 Å². The van der Waals surface area contributed by atoms with Gasteiger partial charge in [0.15, 0.2) is 0 Å². The summed E-state index contributed by atoms with van der Waals surface area (Å²) in [6, 6.07) is 29.4. The molecule has 0 fully saturated rings. The van der Waals surface area contributed by atoms with E-state index in [1.165, 1.54) is 16.7 Å². The minimum absolute atomic E-state index is 0.318. The fourth-order valence-electron chi connectivity index (χ4n) is 2.40. The highest BCUT2D eigenvalue weighted by molar-refractivity contribution is 7.98. The van der Waals surface area contributed by atoms with Crippen molar-refractivity contribution in [2.24, 2.45) is 0 Å². The van der Waals surface area contributed by atoms with Crippen molar-refractivity contribution < 1.29 is 0 Å². The third-order valence-electron chi connectivity index (χ3n) is 3.53. The van der Waals surface area contributed by atoms with Crippen LogP contribution in [0.2, 0.25) is 5.02 Å². The molecule has 0 aromatic heterocycles. The summed E-state index contributed by atoms with van der Waals surface area (Å²) in [5, 5.41) is 1.10. The molecule has 0 nitrogen and oxygen atoms in total. The first kappa shape index (κ1) is 15.2. The predicted octanol–water partition coefficient (Wildman–Crippen LogP) is 6.36. The van der Waals surface area contributed by atoms with Crippen LogP contribution in [-0.2, 0) is 5.75 Å². The van der Waals surface area contributed by atoms with Crippen LogP contribution in [-0.4, -0.2) is 0 Å². The van der Waals surface area contributed by atoms with Crippen molar-refractivity contribution in [3.8, 4) is 0 Å². The minimum Gasteiger partial charge on any atom is -0.144 e. The van der Waals surface area contributed by atoms with E-state index in [4.69, 9.17) is 11.6 Å². The molecule has 1 atom stereocenters. The van der Waals surface area contributed by atoms with Gasteiger partial charge in [-0.1, -0.05) is 84.4 Å². The molecule has 2 heteroatoms. The standard InChI is InChI=1S/C20H17ClS/c21-19-13-11-18(12-14-19)20(17-9-5-2-6-10-17)22-15-16-7-3-1-4-8-16/h1-14,20H,15H2/t20-/m1/s1. The first-order valence-electron chi connectivity index (χ1n) is 7.29. The second-order valence-corrected chi connectivity index (χ2v) is 6.67. The van der Waals surface area contributed by atoms with Gasteiger partial charge in [0, 0.05) is 10.8 Å². The maximum Gasteiger partial charge on any atom is 0.0549 e. The third-order valence-corrected chi connectivity index (χ3v) is 5.16. The lowest BCUT2D eigenvalue weighted by atomic mass is 10.0. The zero-order valence-electron chi connectivity index (χ0n) is 12.2. The highest BCUT2D eigenvalue weighted by Crippen LogP contribution is 2.37. The van der Waals surface area contributed by atoms with Crippen LogP contribution in [0.5, 0.6) is 0 Å². The zero-order valence-corrected chi connectivity index (χ0v) is 13.7. The Morgan fingerprint density at radius 3 is 1.86 bits per heavy atom. The van der Waals surface area contributed by atoms with Crippen LogP contribution in [0.4, 0.5) is 0 Å². The van der Waals surface area contributed by atoms with E-state index < -0.39 is 0 Å².